The first-order valence-corrected chi connectivity index (χ1v) is 10.9. The number of rotatable bonds is 5. The maximum absolute atomic E-state index is 13.7. The molecule has 2 N–H and O–H groups in total. The lowest BCUT2D eigenvalue weighted by Gasteiger charge is -2.33. The number of fused-ring (bicyclic) bond motifs is 1. The number of terminal acetylenes is 2. The molecule has 0 saturated carbocycles. The van der Waals surface area contributed by atoms with Crippen LogP contribution in [0.4, 0.5) is 13.2 Å². The van der Waals surface area contributed by atoms with Crippen molar-refractivity contribution in [2.75, 3.05) is 20.3 Å². The van der Waals surface area contributed by atoms with Gasteiger partial charge in [-0.05, 0) is 20.8 Å². The topological polar surface area (TPSA) is 101 Å². The van der Waals surface area contributed by atoms with Gasteiger partial charge in [-0.15, -0.1) is 25.7 Å². The minimum Gasteiger partial charge on any atom is -0.503 e. The summed E-state index contributed by atoms with van der Waals surface area (Å²) in [7, 11) is 1.68. The molecule has 8 nitrogen and oxygen atoms in total. The van der Waals surface area contributed by atoms with E-state index in [1.165, 1.54) is 9.47 Å². The van der Waals surface area contributed by atoms with E-state index in [4.69, 9.17) is 0 Å². The first-order valence-electron chi connectivity index (χ1n) is 10.9. The van der Waals surface area contributed by atoms with E-state index in [1.54, 1.807) is 21.0 Å². The van der Waals surface area contributed by atoms with E-state index in [9.17, 15) is 32.7 Å². The highest BCUT2D eigenvalue weighted by Crippen LogP contribution is 2.22. The number of nitrogens with zero attached hydrogens (tertiary/aromatic N) is 2. The van der Waals surface area contributed by atoms with Gasteiger partial charge in [-0.1, -0.05) is 0 Å². The molecule has 0 saturated heterocycles. The normalized spacial score (nSPS) is 11.6. The van der Waals surface area contributed by atoms with Gasteiger partial charge in [0.1, 0.15) is 23.0 Å². The molecule has 2 amide bonds. The van der Waals surface area contributed by atoms with Crippen molar-refractivity contribution < 1.29 is 32.6 Å². The highest BCUT2D eigenvalue weighted by atomic mass is 19.1. The standard InChI is InChI=1S/C19H18F3N3O4.C3H8O.2C2H2/c1-9(2)25-4-3-24-8-12(16(26)17(27)15(24)19(25)29)18(28)23-7-11-13(21)5-10(20)6-14(11)22;1-3-4-2;2*1-2/h5-6,8-9,27H,3-4,7H2,1-2H3,(H,23,28);3H2,1-2H3;2*1-2H. The summed E-state index contributed by atoms with van der Waals surface area (Å²) in [6.07, 6.45) is 17.1. The summed E-state index contributed by atoms with van der Waals surface area (Å²) in [4.78, 5) is 38.8. The Morgan fingerprint density at radius 2 is 1.62 bits per heavy atom. The molecular formula is C26H30F3N3O5. The molecule has 0 atom stereocenters. The summed E-state index contributed by atoms with van der Waals surface area (Å²) in [5, 5.41) is 12.4. The molecule has 0 fully saturated rings. The van der Waals surface area contributed by atoms with E-state index >= 15 is 0 Å². The van der Waals surface area contributed by atoms with Gasteiger partial charge in [0.05, 0.1) is 0 Å². The number of hydrogen-bond acceptors (Lipinski definition) is 5. The fourth-order valence-corrected chi connectivity index (χ4v) is 3.16. The Hall–Kier alpha value is -4.22. The minimum absolute atomic E-state index is 0.144. The summed E-state index contributed by atoms with van der Waals surface area (Å²) in [6.45, 7) is 6.28. The van der Waals surface area contributed by atoms with E-state index in [2.05, 4.69) is 35.7 Å². The van der Waals surface area contributed by atoms with E-state index in [0.717, 1.165) is 12.8 Å². The summed E-state index contributed by atoms with van der Waals surface area (Å²) >= 11 is 0. The zero-order valence-electron chi connectivity index (χ0n) is 21.1. The predicted molar refractivity (Wildman–Crippen MR) is 133 cm³/mol. The van der Waals surface area contributed by atoms with Crippen LogP contribution in [0.3, 0.4) is 0 Å². The molecule has 2 aromatic rings. The maximum Gasteiger partial charge on any atom is 0.274 e. The molecule has 0 radical (unpaired) electrons. The van der Waals surface area contributed by atoms with Crippen molar-refractivity contribution in [3.05, 3.63) is 62.8 Å². The Bertz CT molecular complexity index is 1160. The number of carbonyl (C=O) groups excluding carboxylic acids is 2. The molecule has 0 unspecified atom stereocenters. The van der Waals surface area contributed by atoms with Crippen LogP contribution in [-0.4, -0.2) is 52.7 Å². The van der Waals surface area contributed by atoms with Crippen LogP contribution in [0.5, 0.6) is 5.75 Å². The van der Waals surface area contributed by atoms with Crippen LogP contribution in [0.25, 0.3) is 0 Å². The molecule has 1 aliphatic rings. The molecular weight excluding hydrogens is 491 g/mol. The number of ether oxygens (including phenoxy) is 1. The van der Waals surface area contributed by atoms with Crippen molar-refractivity contribution in [2.45, 2.75) is 39.9 Å². The molecule has 0 aliphatic carbocycles. The van der Waals surface area contributed by atoms with E-state index in [0.29, 0.717) is 18.7 Å². The van der Waals surface area contributed by atoms with Crippen molar-refractivity contribution in [3.8, 4) is 31.4 Å². The number of benzene rings is 1. The second kappa shape index (κ2) is 15.7. The van der Waals surface area contributed by atoms with E-state index in [1.807, 2.05) is 6.92 Å². The summed E-state index contributed by atoms with van der Waals surface area (Å²) in [5.74, 6) is -5.88. The van der Waals surface area contributed by atoms with Gasteiger partial charge in [-0.3, -0.25) is 14.4 Å². The highest BCUT2D eigenvalue weighted by Gasteiger charge is 2.31. The van der Waals surface area contributed by atoms with E-state index in [-0.39, 0.29) is 18.3 Å². The minimum atomic E-state index is -1.19. The molecule has 1 aliphatic heterocycles. The van der Waals surface area contributed by atoms with Gasteiger partial charge in [-0.2, -0.15) is 0 Å². The monoisotopic (exact) mass is 521 g/mol. The number of halogens is 3. The third-order valence-corrected chi connectivity index (χ3v) is 4.99. The molecule has 3 rings (SSSR count). The zero-order valence-corrected chi connectivity index (χ0v) is 21.1. The van der Waals surface area contributed by atoms with Gasteiger partial charge in [0.25, 0.3) is 11.8 Å². The Kier molecular flexibility index (Phi) is 13.9. The molecule has 0 bridgehead atoms. The van der Waals surface area contributed by atoms with Crippen LogP contribution >= 0.6 is 0 Å². The zero-order chi connectivity index (χ0) is 28.9. The second-order valence-corrected chi connectivity index (χ2v) is 7.46. The van der Waals surface area contributed by atoms with Crippen molar-refractivity contribution >= 4 is 11.8 Å². The van der Waals surface area contributed by atoms with Crippen molar-refractivity contribution in [2.24, 2.45) is 0 Å². The van der Waals surface area contributed by atoms with Gasteiger partial charge in [0, 0.05) is 63.3 Å². The van der Waals surface area contributed by atoms with Gasteiger partial charge in [-0.25, -0.2) is 13.2 Å². The summed E-state index contributed by atoms with van der Waals surface area (Å²) in [5.41, 5.74) is -2.36. The quantitative estimate of drug-likeness (QED) is 0.590. The Balaban J connectivity index is 0.00000145. The Morgan fingerprint density at radius 1 is 1.11 bits per heavy atom. The number of nitrogens with one attached hydrogen (secondary N) is 1. The SMILES string of the molecule is C#C.C#C.CC(C)N1CCn2cc(C(=O)NCc3c(F)cc(F)cc3F)c(=O)c(O)c2C1=O.CCOC. The van der Waals surface area contributed by atoms with Gasteiger partial charge in [0.15, 0.2) is 11.4 Å². The third kappa shape index (κ3) is 8.16. The van der Waals surface area contributed by atoms with Crippen molar-refractivity contribution in [3.63, 3.8) is 0 Å². The smallest absolute Gasteiger partial charge is 0.274 e. The number of hydrogen-bond donors (Lipinski definition) is 2. The molecule has 11 heteroatoms. The van der Waals surface area contributed by atoms with Crippen molar-refractivity contribution in [1.29, 1.82) is 0 Å². The highest BCUT2D eigenvalue weighted by molar-refractivity contribution is 5.99. The molecule has 0 spiro atoms. The van der Waals surface area contributed by atoms with Gasteiger partial charge >= 0.3 is 0 Å². The van der Waals surface area contributed by atoms with Crippen LogP contribution in [-0.2, 0) is 17.8 Å². The van der Waals surface area contributed by atoms with Crippen LogP contribution in [0, 0.1) is 43.1 Å². The summed E-state index contributed by atoms with van der Waals surface area (Å²) in [6, 6.07) is 0.793. The third-order valence-electron chi connectivity index (χ3n) is 4.99. The first kappa shape index (κ1) is 32.8. The fourth-order valence-electron chi connectivity index (χ4n) is 3.16. The number of aromatic hydroxyl groups is 1. The Labute approximate surface area is 214 Å². The van der Waals surface area contributed by atoms with Crippen LogP contribution in [0.2, 0.25) is 0 Å². The number of methoxy groups -OCH3 is 1. The second-order valence-electron chi connectivity index (χ2n) is 7.46. The summed E-state index contributed by atoms with van der Waals surface area (Å²) < 4.78 is 46.2. The fraction of sp³-hybridized carbons (Fsp3) is 0.346. The van der Waals surface area contributed by atoms with Gasteiger partial charge < -0.3 is 24.6 Å². The molecule has 37 heavy (non-hydrogen) atoms. The number of carbonyl (C=O) groups is 2. The number of amides is 2. The predicted octanol–water partition coefficient (Wildman–Crippen LogP) is 2.92. The number of aromatic nitrogens is 1. The van der Waals surface area contributed by atoms with Crippen LogP contribution in [0.15, 0.2) is 23.1 Å². The van der Waals surface area contributed by atoms with Crippen LogP contribution < -0.4 is 10.7 Å². The Morgan fingerprint density at radius 3 is 2.08 bits per heavy atom. The molecule has 1 aromatic carbocycles. The number of pyridine rings is 1. The first-order chi connectivity index (χ1) is 17.5. The molecule has 2 heterocycles. The lowest BCUT2D eigenvalue weighted by Crippen LogP contribution is -2.45. The van der Waals surface area contributed by atoms with Crippen LogP contribution in [0.1, 0.15) is 47.2 Å². The lowest BCUT2D eigenvalue weighted by atomic mass is 10.1. The largest absolute Gasteiger partial charge is 0.503 e. The van der Waals surface area contributed by atoms with Gasteiger partial charge in [0.2, 0.25) is 5.43 Å². The molecule has 1 aromatic heterocycles. The average molecular weight is 522 g/mol. The van der Waals surface area contributed by atoms with Crippen molar-refractivity contribution in [1.82, 2.24) is 14.8 Å². The average Bonchev–Trinajstić information content (AvgIpc) is 2.87. The van der Waals surface area contributed by atoms with E-state index < -0.39 is 58.1 Å². The molecule has 200 valence electrons. The maximum atomic E-state index is 13.7. The lowest BCUT2D eigenvalue weighted by molar-refractivity contribution is 0.0640.